The smallest absolute Gasteiger partial charge is 0.322 e. The Morgan fingerprint density at radius 3 is 1.65 bits per heavy atom. The first kappa shape index (κ1) is 14.8. The first-order chi connectivity index (χ1) is 12.8. The van der Waals surface area contributed by atoms with Crippen LogP contribution in [0.4, 0.5) is 0 Å². The predicted octanol–water partition coefficient (Wildman–Crippen LogP) is 4.45. The highest BCUT2D eigenvalue weighted by Crippen LogP contribution is 2.36. The van der Waals surface area contributed by atoms with Crippen molar-refractivity contribution in [2.75, 3.05) is 14.2 Å². The second-order valence-electron chi connectivity index (χ2n) is 6.14. The fraction of sp³-hybridized carbons (Fsp3) is 0.0952. The maximum absolute atomic E-state index is 5.17. The van der Waals surface area contributed by atoms with Crippen molar-refractivity contribution >= 4 is 32.3 Å². The molecule has 0 amide bonds. The van der Waals surface area contributed by atoms with Gasteiger partial charge in [0.25, 0.3) is 0 Å². The molecule has 1 aromatic heterocycles. The summed E-state index contributed by atoms with van der Waals surface area (Å²) in [7, 11) is 3.05. The van der Waals surface area contributed by atoms with Crippen LogP contribution in [-0.4, -0.2) is 29.2 Å². The number of ether oxygens (including phenoxy) is 2. The zero-order valence-electron chi connectivity index (χ0n) is 14.4. The van der Waals surface area contributed by atoms with Gasteiger partial charge in [0.05, 0.1) is 14.2 Å². The van der Waals surface area contributed by atoms with Gasteiger partial charge in [-0.3, -0.25) is 0 Å². The molecule has 0 unspecified atom stereocenters. The zero-order chi connectivity index (χ0) is 17.7. The number of benzene rings is 4. The first-order valence-electron chi connectivity index (χ1n) is 8.29. The van der Waals surface area contributed by atoms with E-state index in [2.05, 4.69) is 69.5 Å². The van der Waals surface area contributed by atoms with Crippen molar-refractivity contribution in [3.05, 3.63) is 54.6 Å². The molecule has 0 atom stereocenters. The predicted molar refractivity (Wildman–Crippen MR) is 102 cm³/mol. The molecule has 0 bridgehead atoms. The third-order valence-electron chi connectivity index (χ3n) is 4.68. The lowest BCUT2D eigenvalue weighted by Crippen LogP contribution is -2.01. The molecule has 0 saturated heterocycles. The summed E-state index contributed by atoms with van der Waals surface area (Å²) in [4.78, 5) is 12.8. The van der Waals surface area contributed by atoms with E-state index in [1.807, 2.05) is 0 Å². The lowest BCUT2D eigenvalue weighted by molar-refractivity contribution is 0.341. The lowest BCUT2D eigenvalue weighted by Gasteiger charge is -2.12. The molecule has 0 fully saturated rings. The summed E-state index contributed by atoms with van der Waals surface area (Å²) in [5.41, 5.74) is 0.898. The molecule has 0 spiro atoms. The van der Waals surface area contributed by atoms with Gasteiger partial charge in [0.1, 0.15) is 0 Å². The quantitative estimate of drug-likeness (QED) is 0.454. The van der Waals surface area contributed by atoms with Crippen LogP contribution in [0, 0.1) is 0 Å². The molecule has 1 heterocycles. The Morgan fingerprint density at radius 1 is 0.615 bits per heavy atom. The average molecular weight is 341 g/mol. The largest absolute Gasteiger partial charge is 0.467 e. The van der Waals surface area contributed by atoms with Crippen molar-refractivity contribution in [2.45, 2.75) is 0 Å². The summed E-state index contributed by atoms with van der Waals surface area (Å²) >= 11 is 0. The van der Waals surface area contributed by atoms with E-state index in [0.29, 0.717) is 5.82 Å². The van der Waals surface area contributed by atoms with Gasteiger partial charge in [-0.25, -0.2) is 0 Å². The Balaban J connectivity index is 1.83. The molecule has 0 radical (unpaired) electrons. The Hall–Kier alpha value is -3.47. The first-order valence-corrected chi connectivity index (χ1v) is 8.29. The van der Waals surface area contributed by atoms with Crippen molar-refractivity contribution < 1.29 is 9.47 Å². The van der Waals surface area contributed by atoms with Gasteiger partial charge in [-0.1, -0.05) is 42.5 Å². The highest BCUT2D eigenvalue weighted by Gasteiger charge is 2.13. The van der Waals surface area contributed by atoms with Crippen LogP contribution in [0.1, 0.15) is 0 Å². The third-order valence-corrected chi connectivity index (χ3v) is 4.68. The van der Waals surface area contributed by atoms with Crippen molar-refractivity contribution in [2.24, 2.45) is 0 Å². The van der Waals surface area contributed by atoms with Gasteiger partial charge >= 0.3 is 12.0 Å². The molecular formula is C21H15N3O2. The highest BCUT2D eigenvalue weighted by atomic mass is 16.5. The van der Waals surface area contributed by atoms with Crippen LogP contribution < -0.4 is 9.47 Å². The minimum atomic E-state index is 0.233. The summed E-state index contributed by atoms with van der Waals surface area (Å²) in [5.74, 6) is 0.527. The van der Waals surface area contributed by atoms with E-state index >= 15 is 0 Å². The molecule has 5 aromatic rings. The van der Waals surface area contributed by atoms with Crippen molar-refractivity contribution in [1.29, 1.82) is 0 Å². The van der Waals surface area contributed by atoms with Crippen LogP contribution in [0.5, 0.6) is 12.0 Å². The number of aromatic nitrogens is 3. The van der Waals surface area contributed by atoms with Crippen molar-refractivity contribution in [1.82, 2.24) is 15.0 Å². The van der Waals surface area contributed by atoms with Crippen LogP contribution in [0.3, 0.4) is 0 Å². The standard InChI is InChI=1S/C21H15N3O2/c1-25-20-22-19(23-21(24-20)26-2)16-10-14-8-6-12-4-3-5-13-7-9-15(11-16)18(14)17(12)13/h3-11H,1-2H3. The molecule has 0 aliphatic heterocycles. The van der Waals surface area contributed by atoms with E-state index < -0.39 is 0 Å². The van der Waals surface area contributed by atoms with Gasteiger partial charge in [0.15, 0.2) is 5.82 Å². The molecule has 0 aliphatic rings. The molecule has 4 aromatic carbocycles. The fourth-order valence-corrected chi connectivity index (χ4v) is 3.53. The summed E-state index contributed by atoms with van der Waals surface area (Å²) in [6.07, 6.45) is 0. The maximum Gasteiger partial charge on any atom is 0.322 e. The molecule has 5 heteroatoms. The minimum Gasteiger partial charge on any atom is -0.467 e. The van der Waals surface area contributed by atoms with Crippen LogP contribution in [0.15, 0.2) is 54.6 Å². The molecule has 5 nitrogen and oxygen atoms in total. The SMILES string of the molecule is COc1nc(OC)nc(-c2cc3ccc4cccc5ccc(c2)c3c45)n1. The number of methoxy groups -OCH3 is 2. The van der Waals surface area contributed by atoms with Gasteiger partial charge in [0.2, 0.25) is 0 Å². The maximum atomic E-state index is 5.17. The van der Waals surface area contributed by atoms with E-state index in [9.17, 15) is 0 Å². The van der Waals surface area contributed by atoms with E-state index in [-0.39, 0.29) is 12.0 Å². The zero-order valence-corrected chi connectivity index (χ0v) is 14.4. The monoisotopic (exact) mass is 341 g/mol. The summed E-state index contributed by atoms with van der Waals surface area (Å²) in [6.45, 7) is 0. The van der Waals surface area contributed by atoms with E-state index in [4.69, 9.17) is 9.47 Å². The Morgan fingerprint density at radius 2 is 1.12 bits per heavy atom. The van der Waals surface area contributed by atoms with E-state index in [1.54, 1.807) is 0 Å². The van der Waals surface area contributed by atoms with Crippen LogP contribution in [0.25, 0.3) is 43.7 Å². The Bertz CT molecular complexity index is 1180. The Labute approximate surface area is 149 Å². The van der Waals surface area contributed by atoms with Crippen LogP contribution in [-0.2, 0) is 0 Å². The second-order valence-corrected chi connectivity index (χ2v) is 6.14. The number of rotatable bonds is 3. The molecular weight excluding hydrogens is 326 g/mol. The highest BCUT2D eigenvalue weighted by molar-refractivity contribution is 6.23. The molecule has 0 saturated carbocycles. The normalized spacial score (nSPS) is 11.5. The van der Waals surface area contributed by atoms with E-state index in [0.717, 1.165) is 16.3 Å². The van der Waals surface area contributed by atoms with Gasteiger partial charge in [-0.15, -0.1) is 4.98 Å². The van der Waals surface area contributed by atoms with Crippen LogP contribution in [0.2, 0.25) is 0 Å². The van der Waals surface area contributed by atoms with Gasteiger partial charge < -0.3 is 9.47 Å². The minimum absolute atomic E-state index is 0.233. The average Bonchev–Trinajstić information content (AvgIpc) is 2.71. The van der Waals surface area contributed by atoms with Gasteiger partial charge in [-0.2, -0.15) is 9.97 Å². The molecule has 126 valence electrons. The van der Waals surface area contributed by atoms with Crippen molar-refractivity contribution in [3.63, 3.8) is 0 Å². The van der Waals surface area contributed by atoms with Crippen LogP contribution >= 0.6 is 0 Å². The number of hydrogen-bond acceptors (Lipinski definition) is 5. The lowest BCUT2D eigenvalue weighted by atomic mass is 9.93. The second kappa shape index (κ2) is 5.52. The summed E-state index contributed by atoms with van der Waals surface area (Å²) in [5, 5.41) is 7.35. The molecule has 5 rings (SSSR count). The Kier molecular flexibility index (Phi) is 3.15. The molecule has 0 N–H and O–H groups in total. The third kappa shape index (κ3) is 2.14. The molecule has 0 aliphatic carbocycles. The van der Waals surface area contributed by atoms with Gasteiger partial charge in [-0.05, 0) is 44.5 Å². The van der Waals surface area contributed by atoms with Gasteiger partial charge in [0, 0.05) is 5.56 Å². The molecule has 26 heavy (non-hydrogen) atoms. The topological polar surface area (TPSA) is 57.1 Å². The van der Waals surface area contributed by atoms with E-state index in [1.165, 1.54) is 35.8 Å². The number of nitrogens with zero attached hydrogens (tertiary/aromatic N) is 3. The van der Waals surface area contributed by atoms with Crippen molar-refractivity contribution in [3.8, 4) is 23.4 Å². The summed E-state index contributed by atoms with van der Waals surface area (Å²) in [6, 6.07) is 19.7. The summed E-state index contributed by atoms with van der Waals surface area (Å²) < 4.78 is 10.3. The fourth-order valence-electron chi connectivity index (χ4n) is 3.53. The number of hydrogen-bond donors (Lipinski definition) is 0.